The summed E-state index contributed by atoms with van der Waals surface area (Å²) in [6.07, 6.45) is 3.08. The predicted octanol–water partition coefficient (Wildman–Crippen LogP) is 4.74. The number of rotatable bonds is 11. The first-order chi connectivity index (χ1) is 16.5. The van der Waals surface area contributed by atoms with Gasteiger partial charge in [-0.15, -0.1) is 0 Å². The maximum absolute atomic E-state index is 12.6. The van der Waals surface area contributed by atoms with Gasteiger partial charge in [-0.3, -0.25) is 4.79 Å². The molecule has 4 aromatic rings. The van der Waals surface area contributed by atoms with Crippen LogP contribution in [0.25, 0.3) is 21.9 Å². The summed E-state index contributed by atoms with van der Waals surface area (Å²) in [7, 11) is 1.55. The molecule has 0 amide bonds. The Morgan fingerprint density at radius 1 is 1.06 bits per heavy atom. The standard InChI is InChI=1S/C26H31N5O3/c1-3-34-16-23-30-24-25(18-9-6-7-10-20(18)29-26(24)28)31(23)14-8-4-5-11-21(32)17-12-13-19(27)22(15-17)33-2/h6-7,9-10,12-13,15H,3-5,8,11,14,16,27H2,1-2H3,(H2,28,29). The molecular formula is C26H31N5O3. The second kappa shape index (κ2) is 10.5. The van der Waals surface area contributed by atoms with Crippen molar-refractivity contribution in [1.82, 2.24) is 14.5 Å². The summed E-state index contributed by atoms with van der Waals surface area (Å²) in [6.45, 7) is 3.74. The number of nitrogen functional groups attached to an aromatic ring is 2. The molecule has 0 saturated heterocycles. The summed E-state index contributed by atoms with van der Waals surface area (Å²) in [6, 6.07) is 13.1. The number of fused-ring (bicyclic) bond motifs is 3. The Bertz CT molecular complexity index is 1320. The predicted molar refractivity (Wildman–Crippen MR) is 135 cm³/mol. The van der Waals surface area contributed by atoms with Gasteiger partial charge in [-0.2, -0.15) is 0 Å². The van der Waals surface area contributed by atoms with E-state index in [1.807, 2.05) is 31.2 Å². The van der Waals surface area contributed by atoms with Crippen molar-refractivity contribution in [3.8, 4) is 5.75 Å². The van der Waals surface area contributed by atoms with Gasteiger partial charge >= 0.3 is 0 Å². The number of aromatic nitrogens is 3. The molecule has 2 aromatic carbocycles. The van der Waals surface area contributed by atoms with E-state index in [-0.39, 0.29) is 5.78 Å². The van der Waals surface area contributed by atoms with E-state index in [9.17, 15) is 4.79 Å². The van der Waals surface area contributed by atoms with Gasteiger partial charge in [0.25, 0.3) is 0 Å². The zero-order valence-corrected chi connectivity index (χ0v) is 19.7. The minimum atomic E-state index is 0.0910. The summed E-state index contributed by atoms with van der Waals surface area (Å²) in [4.78, 5) is 21.9. The second-order valence-electron chi connectivity index (χ2n) is 8.22. The minimum Gasteiger partial charge on any atom is -0.495 e. The lowest BCUT2D eigenvalue weighted by molar-refractivity contribution is 0.0978. The normalized spacial score (nSPS) is 11.4. The van der Waals surface area contributed by atoms with E-state index in [0.717, 1.165) is 48.1 Å². The number of ketones is 1. The number of nitrogens with two attached hydrogens (primary N) is 2. The van der Waals surface area contributed by atoms with Crippen LogP contribution in [0, 0.1) is 0 Å². The van der Waals surface area contributed by atoms with Gasteiger partial charge in [-0.1, -0.05) is 24.6 Å². The van der Waals surface area contributed by atoms with Crippen molar-refractivity contribution in [3.05, 3.63) is 53.9 Å². The van der Waals surface area contributed by atoms with Gasteiger partial charge in [-0.25, -0.2) is 9.97 Å². The van der Waals surface area contributed by atoms with Crippen LogP contribution in [0.1, 0.15) is 48.8 Å². The molecule has 2 heterocycles. The van der Waals surface area contributed by atoms with Crippen molar-refractivity contribution < 1.29 is 14.3 Å². The molecule has 0 aliphatic heterocycles. The highest BCUT2D eigenvalue weighted by Gasteiger charge is 2.17. The zero-order valence-electron chi connectivity index (χ0n) is 19.7. The number of ether oxygens (including phenoxy) is 2. The molecule has 4 rings (SSSR count). The number of carbonyl (C=O) groups excluding carboxylic acids is 1. The fourth-order valence-corrected chi connectivity index (χ4v) is 4.21. The maximum atomic E-state index is 12.6. The minimum absolute atomic E-state index is 0.0910. The number of aryl methyl sites for hydroxylation is 1. The molecule has 0 atom stereocenters. The summed E-state index contributed by atoms with van der Waals surface area (Å²) in [5.74, 6) is 1.88. The van der Waals surface area contributed by atoms with Crippen LogP contribution in [0.15, 0.2) is 42.5 Å². The van der Waals surface area contributed by atoms with Crippen molar-refractivity contribution in [1.29, 1.82) is 0 Å². The fraction of sp³-hybridized carbons (Fsp3) is 0.346. The number of hydrogen-bond donors (Lipinski definition) is 2. The number of nitrogens with zero attached hydrogens (tertiary/aromatic N) is 3. The van der Waals surface area contributed by atoms with Crippen LogP contribution in [0.4, 0.5) is 11.5 Å². The number of hydrogen-bond acceptors (Lipinski definition) is 7. The molecule has 0 spiro atoms. The highest BCUT2D eigenvalue weighted by Crippen LogP contribution is 2.29. The topological polar surface area (TPSA) is 118 Å². The number of pyridine rings is 1. The fourth-order valence-electron chi connectivity index (χ4n) is 4.21. The SMILES string of the molecule is CCOCc1nc2c(N)nc3ccccc3c2n1CCCCCC(=O)c1ccc(N)c(OC)c1. The number of Topliss-reactive ketones (excluding diaryl/α,β-unsaturated/α-hetero) is 1. The van der Waals surface area contributed by atoms with Crippen LogP contribution in [-0.4, -0.2) is 34.0 Å². The Balaban J connectivity index is 1.47. The summed E-state index contributed by atoms with van der Waals surface area (Å²) in [5, 5.41) is 1.02. The monoisotopic (exact) mass is 461 g/mol. The smallest absolute Gasteiger partial charge is 0.163 e. The largest absolute Gasteiger partial charge is 0.495 e. The third-order valence-electron chi connectivity index (χ3n) is 5.97. The number of carbonyl (C=O) groups is 1. The van der Waals surface area contributed by atoms with Crippen LogP contribution >= 0.6 is 0 Å². The van der Waals surface area contributed by atoms with Gasteiger partial charge in [-0.05, 0) is 44.0 Å². The van der Waals surface area contributed by atoms with Crippen molar-refractivity contribution in [2.45, 2.75) is 45.8 Å². The number of anilines is 2. The molecule has 178 valence electrons. The second-order valence-corrected chi connectivity index (χ2v) is 8.22. The van der Waals surface area contributed by atoms with Crippen LogP contribution in [0.2, 0.25) is 0 Å². The molecule has 4 N–H and O–H groups in total. The van der Waals surface area contributed by atoms with Crippen molar-refractivity contribution in [2.75, 3.05) is 25.2 Å². The molecule has 2 aromatic heterocycles. The summed E-state index contributed by atoms with van der Waals surface area (Å²) < 4.78 is 13.1. The van der Waals surface area contributed by atoms with Gasteiger partial charge in [0, 0.05) is 30.5 Å². The molecule has 8 heteroatoms. The van der Waals surface area contributed by atoms with E-state index in [2.05, 4.69) is 9.55 Å². The van der Waals surface area contributed by atoms with E-state index in [0.29, 0.717) is 48.0 Å². The Kier molecular flexibility index (Phi) is 7.27. The van der Waals surface area contributed by atoms with Crippen molar-refractivity contribution in [3.63, 3.8) is 0 Å². The first-order valence-corrected chi connectivity index (χ1v) is 11.6. The third-order valence-corrected chi connectivity index (χ3v) is 5.97. The average molecular weight is 462 g/mol. The summed E-state index contributed by atoms with van der Waals surface area (Å²) in [5.41, 5.74) is 15.8. The lowest BCUT2D eigenvalue weighted by atomic mass is 10.0. The number of methoxy groups -OCH3 is 1. The lowest BCUT2D eigenvalue weighted by Crippen LogP contribution is -2.07. The van der Waals surface area contributed by atoms with Crippen molar-refractivity contribution >= 4 is 39.2 Å². The molecule has 0 aliphatic rings. The van der Waals surface area contributed by atoms with Gasteiger partial charge < -0.3 is 25.5 Å². The first-order valence-electron chi connectivity index (χ1n) is 11.6. The maximum Gasteiger partial charge on any atom is 0.163 e. The van der Waals surface area contributed by atoms with Crippen LogP contribution < -0.4 is 16.2 Å². The van der Waals surface area contributed by atoms with Gasteiger partial charge in [0.2, 0.25) is 0 Å². The van der Waals surface area contributed by atoms with E-state index < -0.39 is 0 Å². The summed E-state index contributed by atoms with van der Waals surface area (Å²) >= 11 is 0. The van der Waals surface area contributed by atoms with Crippen LogP contribution in [-0.2, 0) is 17.9 Å². The van der Waals surface area contributed by atoms with Crippen LogP contribution in [0.3, 0.4) is 0 Å². The van der Waals surface area contributed by atoms with Gasteiger partial charge in [0.05, 0.1) is 23.8 Å². The Morgan fingerprint density at radius 2 is 1.88 bits per heavy atom. The van der Waals surface area contributed by atoms with E-state index in [1.165, 1.54) is 0 Å². The van der Waals surface area contributed by atoms with Crippen LogP contribution in [0.5, 0.6) is 5.75 Å². The number of benzene rings is 2. The third kappa shape index (κ3) is 4.82. The molecule has 0 unspecified atom stereocenters. The highest BCUT2D eigenvalue weighted by molar-refractivity contribution is 6.06. The molecule has 0 fully saturated rings. The van der Waals surface area contributed by atoms with E-state index in [1.54, 1.807) is 25.3 Å². The van der Waals surface area contributed by atoms with Gasteiger partial charge in [0.1, 0.15) is 23.7 Å². The zero-order chi connectivity index (χ0) is 24.1. The molecule has 0 aliphatic carbocycles. The van der Waals surface area contributed by atoms with Gasteiger partial charge in [0.15, 0.2) is 11.6 Å². The van der Waals surface area contributed by atoms with E-state index in [4.69, 9.17) is 25.9 Å². The average Bonchev–Trinajstić information content (AvgIpc) is 3.22. The Hall–Kier alpha value is -3.65. The Morgan fingerprint density at radius 3 is 2.68 bits per heavy atom. The molecular weight excluding hydrogens is 430 g/mol. The highest BCUT2D eigenvalue weighted by atomic mass is 16.5. The molecule has 8 nitrogen and oxygen atoms in total. The molecule has 34 heavy (non-hydrogen) atoms. The Labute approximate surface area is 198 Å². The number of unbranched alkanes of at least 4 members (excludes halogenated alkanes) is 2. The first kappa shape index (κ1) is 23.5. The quantitative estimate of drug-likeness (QED) is 0.188. The number of para-hydroxylation sites is 1. The molecule has 0 bridgehead atoms. The lowest BCUT2D eigenvalue weighted by Gasteiger charge is -2.11. The number of imidazole rings is 1. The molecule has 0 saturated carbocycles. The van der Waals surface area contributed by atoms with E-state index >= 15 is 0 Å². The molecule has 0 radical (unpaired) electrons. The van der Waals surface area contributed by atoms with Crippen molar-refractivity contribution in [2.24, 2.45) is 0 Å².